The van der Waals surface area contributed by atoms with E-state index < -0.39 is 28.5 Å². The second-order valence-corrected chi connectivity index (χ2v) is 3.89. The summed E-state index contributed by atoms with van der Waals surface area (Å²) in [6, 6.07) is 2.32. The van der Waals surface area contributed by atoms with Gasteiger partial charge in [0.2, 0.25) is 0 Å². The van der Waals surface area contributed by atoms with Crippen molar-refractivity contribution < 1.29 is 19.6 Å². The van der Waals surface area contributed by atoms with Crippen molar-refractivity contribution in [3.05, 3.63) is 38.9 Å². The van der Waals surface area contributed by atoms with Gasteiger partial charge in [0, 0.05) is 11.1 Å². The standard InChI is InChI=1S/C10H9ClN2O5/c1-5(10(15)16)12-9(14)7-4-6(11)2-3-8(7)13(17)18/h2-5H,1H3,(H,12,14)(H,15,16)/t5-/m0/s1. The van der Waals surface area contributed by atoms with Gasteiger partial charge in [-0.1, -0.05) is 11.6 Å². The number of hydrogen-bond donors (Lipinski definition) is 2. The summed E-state index contributed by atoms with van der Waals surface area (Å²) in [6.07, 6.45) is 0. The lowest BCUT2D eigenvalue weighted by atomic mass is 10.1. The Morgan fingerprint density at radius 2 is 2.11 bits per heavy atom. The maximum atomic E-state index is 11.7. The topological polar surface area (TPSA) is 110 Å². The number of carbonyl (C=O) groups excluding carboxylic acids is 1. The predicted molar refractivity (Wildman–Crippen MR) is 62.7 cm³/mol. The molecule has 96 valence electrons. The van der Waals surface area contributed by atoms with Crippen molar-refractivity contribution in [3.8, 4) is 0 Å². The van der Waals surface area contributed by atoms with Gasteiger partial charge in [0.1, 0.15) is 11.6 Å². The molecule has 1 amide bonds. The third kappa shape index (κ3) is 3.17. The minimum absolute atomic E-state index is 0.147. The highest BCUT2D eigenvalue weighted by Crippen LogP contribution is 2.22. The Hall–Kier alpha value is -2.15. The van der Waals surface area contributed by atoms with Crippen molar-refractivity contribution in [3.63, 3.8) is 0 Å². The molecule has 0 aromatic heterocycles. The van der Waals surface area contributed by atoms with Gasteiger partial charge in [-0.2, -0.15) is 0 Å². The summed E-state index contributed by atoms with van der Waals surface area (Å²) in [4.78, 5) is 32.3. The van der Waals surface area contributed by atoms with E-state index in [-0.39, 0.29) is 10.6 Å². The van der Waals surface area contributed by atoms with Crippen molar-refractivity contribution in [2.75, 3.05) is 0 Å². The van der Waals surface area contributed by atoms with Crippen molar-refractivity contribution in [1.29, 1.82) is 0 Å². The average molecular weight is 273 g/mol. The second kappa shape index (κ2) is 5.46. The molecule has 0 aliphatic heterocycles. The number of nitrogens with one attached hydrogen (secondary N) is 1. The number of carboxylic acids is 1. The van der Waals surface area contributed by atoms with E-state index in [1.165, 1.54) is 13.0 Å². The van der Waals surface area contributed by atoms with Gasteiger partial charge in [-0.05, 0) is 19.1 Å². The Morgan fingerprint density at radius 3 is 2.61 bits per heavy atom. The van der Waals surface area contributed by atoms with E-state index in [0.29, 0.717) is 0 Å². The molecule has 0 radical (unpaired) electrons. The molecule has 0 saturated heterocycles. The normalized spacial score (nSPS) is 11.7. The van der Waals surface area contributed by atoms with Crippen LogP contribution >= 0.6 is 11.6 Å². The number of nitrogens with zero attached hydrogens (tertiary/aromatic N) is 1. The molecule has 7 nitrogen and oxygen atoms in total. The lowest BCUT2D eigenvalue weighted by molar-refractivity contribution is -0.385. The van der Waals surface area contributed by atoms with E-state index in [2.05, 4.69) is 5.32 Å². The molecule has 1 aromatic rings. The molecule has 18 heavy (non-hydrogen) atoms. The Labute approximate surface area is 107 Å². The predicted octanol–water partition coefficient (Wildman–Crippen LogP) is 1.45. The number of nitro groups is 1. The van der Waals surface area contributed by atoms with E-state index in [9.17, 15) is 19.7 Å². The molecule has 0 aliphatic rings. The van der Waals surface area contributed by atoms with E-state index >= 15 is 0 Å². The Bertz CT molecular complexity index is 517. The van der Waals surface area contributed by atoms with Crippen molar-refractivity contribution in [1.82, 2.24) is 5.32 Å². The van der Waals surface area contributed by atoms with Gasteiger partial charge in [-0.15, -0.1) is 0 Å². The van der Waals surface area contributed by atoms with Gasteiger partial charge in [-0.25, -0.2) is 0 Å². The van der Waals surface area contributed by atoms with Crippen LogP contribution in [0.25, 0.3) is 0 Å². The van der Waals surface area contributed by atoms with Crippen LogP contribution in [0.15, 0.2) is 18.2 Å². The van der Waals surface area contributed by atoms with Gasteiger partial charge in [0.15, 0.2) is 0 Å². The number of hydrogen-bond acceptors (Lipinski definition) is 4. The first kappa shape index (κ1) is 13.9. The minimum atomic E-state index is -1.24. The second-order valence-electron chi connectivity index (χ2n) is 3.45. The lowest BCUT2D eigenvalue weighted by Gasteiger charge is -2.09. The maximum absolute atomic E-state index is 11.7. The summed E-state index contributed by atoms with van der Waals surface area (Å²) in [5.74, 6) is -2.10. The molecule has 0 aliphatic carbocycles. The lowest BCUT2D eigenvalue weighted by Crippen LogP contribution is -2.38. The highest BCUT2D eigenvalue weighted by Gasteiger charge is 2.23. The average Bonchev–Trinajstić information content (AvgIpc) is 2.28. The number of carbonyl (C=O) groups is 2. The SMILES string of the molecule is C[C@H](NC(=O)c1cc(Cl)ccc1[N+](=O)[O-])C(=O)O. The molecule has 0 bridgehead atoms. The van der Waals surface area contributed by atoms with Crippen LogP contribution in [0.3, 0.4) is 0 Å². The molecule has 1 atom stereocenters. The number of nitro benzene ring substituents is 1. The third-order valence-electron chi connectivity index (χ3n) is 2.12. The zero-order valence-electron chi connectivity index (χ0n) is 9.21. The molecule has 0 spiro atoms. The number of amides is 1. The molecule has 0 fully saturated rings. The highest BCUT2D eigenvalue weighted by atomic mass is 35.5. The first-order chi connectivity index (χ1) is 8.32. The summed E-state index contributed by atoms with van der Waals surface area (Å²) >= 11 is 5.65. The molecule has 0 heterocycles. The van der Waals surface area contributed by atoms with Crippen LogP contribution in [0.1, 0.15) is 17.3 Å². The van der Waals surface area contributed by atoms with Gasteiger partial charge in [0.05, 0.1) is 4.92 Å². The minimum Gasteiger partial charge on any atom is -0.480 e. The monoisotopic (exact) mass is 272 g/mol. The zero-order valence-corrected chi connectivity index (χ0v) is 9.97. The summed E-state index contributed by atoms with van der Waals surface area (Å²) < 4.78 is 0. The molecular weight excluding hydrogens is 264 g/mol. The first-order valence-electron chi connectivity index (χ1n) is 4.80. The van der Waals surface area contributed by atoms with E-state index in [4.69, 9.17) is 16.7 Å². The van der Waals surface area contributed by atoms with E-state index in [0.717, 1.165) is 12.1 Å². The smallest absolute Gasteiger partial charge is 0.325 e. The van der Waals surface area contributed by atoms with Crippen LogP contribution in [0.4, 0.5) is 5.69 Å². The van der Waals surface area contributed by atoms with Gasteiger partial charge in [-0.3, -0.25) is 19.7 Å². The van der Waals surface area contributed by atoms with Crippen LogP contribution in [0.2, 0.25) is 5.02 Å². The molecule has 8 heteroatoms. The molecule has 2 N–H and O–H groups in total. The van der Waals surface area contributed by atoms with Crippen LogP contribution in [0.5, 0.6) is 0 Å². The van der Waals surface area contributed by atoms with Crippen molar-refractivity contribution in [2.45, 2.75) is 13.0 Å². The van der Waals surface area contributed by atoms with Gasteiger partial charge >= 0.3 is 5.97 Å². The maximum Gasteiger partial charge on any atom is 0.325 e. The fourth-order valence-electron chi connectivity index (χ4n) is 1.19. The summed E-state index contributed by atoms with van der Waals surface area (Å²) in [5, 5.41) is 21.6. The van der Waals surface area contributed by atoms with E-state index in [1.54, 1.807) is 0 Å². The molecule has 0 unspecified atom stereocenters. The largest absolute Gasteiger partial charge is 0.480 e. The van der Waals surface area contributed by atoms with Gasteiger partial charge < -0.3 is 10.4 Å². The van der Waals surface area contributed by atoms with Crippen LogP contribution in [-0.4, -0.2) is 27.9 Å². The Kier molecular flexibility index (Phi) is 4.22. The molecular formula is C10H9ClN2O5. The number of rotatable bonds is 4. The van der Waals surface area contributed by atoms with Crippen LogP contribution in [0, 0.1) is 10.1 Å². The quantitative estimate of drug-likeness (QED) is 0.637. The fourth-order valence-corrected chi connectivity index (χ4v) is 1.36. The van der Waals surface area contributed by atoms with E-state index in [1.807, 2.05) is 0 Å². The highest BCUT2D eigenvalue weighted by molar-refractivity contribution is 6.31. The summed E-state index contributed by atoms with van der Waals surface area (Å²) in [6.45, 7) is 1.25. The number of aliphatic carboxylic acids is 1. The fraction of sp³-hybridized carbons (Fsp3) is 0.200. The van der Waals surface area contributed by atoms with Crippen molar-refractivity contribution >= 4 is 29.2 Å². The zero-order chi connectivity index (χ0) is 13.9. The number of benzene rings is 1. The van der Waals surface area contributed by atoms with Gasteiger partial charge in [0.25, 0.3) is 11.6 Å². The Balaban J connectivity index is 3.08. The summed E-state index contributed by atoms with van der Waals surface area (Å²) in [7, 11) is 0. The van der Waals surface area contributed by atoms with Crippen LogP contribution in [-0.2, 0) is 4.79 Å². The van der Waals surface area contributed by atoms with Crippen LogP contribution < -0.4 is 5.32 Å². The van der Waals surface area contributed by atoms with Crippen molar-refractivity contribution in [2.24, 2.45) is 0 Å². The summed E-state index contributed by atoms with van der Waals surface area (Å²) in [5.41, 5.74) is -0.713. The molecule has 0 saturated carbocycles. The first-order valence-corrected chi connectivity index (χ1v) is 5.18. The molecule has 1 aromatic carbocycles. The number of halogens is 1. The Morgan fingerprint density at radius 1 is 1.50 bits per heavy atom. The third-order valence-corrected chi connectivity index (χ3v) is 2.35. The molecule has 1 rings (SSSR count). The number of carboxylic acid groups (broad SMARTS) is 1.